The molecule has 1 aromatic carbocycles. The molecule has 5 heteroatoms. The van der Waals surface area contributed by atoms with Crippen LogP contribution in [0.3, 0.4) is 0 Å². The van der Waals surface area contributed by atoms with Crippen molar-refractivity contribution in [2.45, 2.75) is 0 Å². The van der Waals surface area contributed by atoms with Gasteiger partial charge in [-0.1, -0.05) is 29.3 Å². The number of halogens is 2. The second-order valence-electron chi connectivity index (χ2n) is 4.17. The second kappa shape index (κ2) is 3.40. The number of hydrogen-bond donors (Lipinski definition) is 1. The summed E-state index contributed by atoms with van der Waals surface area (Å²) < 4.78 is 2.00. The van der Waals surface area contributed by atoms with Crippen LogP contribution in [0.25, 0.3) is 27.7 Å². The number of aromatic amines is 1. The fourth-order valence-electron chi connectivity index (χ4n) is 2.33. The number of nitrogens with zero attached hydrogens (tertiary/aromatic N) is 2. The van der Waals surface area contributed by atoms with Gasteiger partial charge in [-0.2, -0.15) is 0 Å². The largest absolute Gasteiger partial charge is 0.339 e. The maximum absolute atomic E-state index is 6.26. The molecule has 0 bridgehead atoms. The molecule has 0 aliphatic carbocycles. The molecule has 0 unspecified atom stereocenters. The quantitative estimate of drug-likeness (QED) is 0.511. The molecule has 3 heterocycles. The van der Waals surface area contributed by atoms with Crippen molar-refractivity contribution in [2.75, 3.05) is 0 Å². The third-order valence-corrected chi connectivity index (χ3v) is 3.59. The normalized spacial score (nSPS) is 11.9. The fraction of sp³-hybridized carbons (Fsp3) is 0. The van der Waals surface area contributed by atoms with E-state index < -0.39 is 0 Å². The lowest BCUT2D eigenvalue weighted by molar-refractivity contribution is 1.20. The van der Waals surface area contributed by atoms with E-state index in [0.29, 0.717) is 10.0 Å². The molecule has 0 aliphatic rings. The Kier molecular flexibility index (Phi) is 1.93. The van der Waals surface area contributed by atoms with E-state index in [1.54, 1.807) is 6.07 Å². The highest BCUT2D eigenvalue weighted by atomic mass is 35.5. The van der Waals surface area contributed by atoms with Crippen LogP contribution in [0.15, 0.2) is 36.5 Å². The molecule has 4 rings (SSSR count). The number of rotatable bonds is 0. The number of fused-ring (bicyclic) bond motifs is 5. The van der Waals surface area contributed by atoms with Gasteiger partial charge in [0.05, 0.1) is 10.5 Å². The number of pyridine rings is 1. The lowest BCUT2D eigenvalue weighted by atomic mass is 10.2. The topological polar surface area (TPSA) is 33.1 Å². The van der Waals surface area contributed by atoms with Crippen molar-refractivity contribution in [2.24, 2.45) is 0 Å². The number of H-pyrrole nitrogens is 1. The summed E-state index contributed by atoms with van der Waals surface area (Å²) >= 11 is 12.3. The van der Waals surface area contributed by atoms with E-state index in [4.69, 9.17) is 23.2 Å². The van der Waals surface area contributed by atoms with Crippen LogP contribution >= 0.6 is 23.2 Å². The van der Waals surface area contributed by atoms with E-state index >= 15 is 0 Å². The molecule has 1 N–H and O–H groups in total. The zero-order valence-corrected chi connectivity index (χ0v) is 10.6. The Balaban J connectivity index is 2.31. The predicted molar refractivity (Wildman–Crippen MR) is 74.6 cm³/mol. The highest BCUT2D eigenvalue weighted by Crippen LogP contribution is 2.33. The molecule has 0 atom stereocenters. The summed E-state index contributed by atoms with van der Waals surface area (Å²) in [6.07, 6.45) is 1.97. The standard InChI is InChI=1S/C13H7Cl2N3/c14-7-5-8(15)11-9(6-7)16-13-12(11)17-10-3-1-2-4-18(10)13/h1-6,16H. The number of hydrogen-bond acceptors (Lipinski definition) is 1. The van der Waals surface area contributed by atoms with Gasteiger partial charge in [-0.15, -0.1) is 0 Å². The van der Waals surface area contributed by atoms with Gasteiger partial charge in [-0.3, -0.25) is 4.40 Å². The SMILES string of the molecule is Clc1cc(Cl)c2c(c1)[nH]c1c2nc2ccccn21. The molecule has 0 aliphatic heterocycles. The van der Waals surface area contributed by atoms with Gasteiger partial charge >= 0.3 is 0 Å². The summed E-state index contributed by atoms with van der Waals surface area (Å²) in [6.45, 7) is 0. The minimum Gasteiger partial charge on any atom is -0.339 e. The van der Waals surface area contributed by atoms with E-state index in [2.05, 4.69) is 9.97 Å². The minimum atomic E-state index is 0.616. The number of aromatic nitrogens is 3. The molecule has 0 radical (unpaired) electrons. The van der Waals surface area contributed by atoms with E-state index in [9.17, 15) is 0 Å². The minimum absolute atomic E-state index is 0.616. The molecule has 0 fully saturated rings. The highest BCUT2D eigenvalue weighted by Gasteiger charge is 2.14. The lowest BCUT2D eigenvalue weighted by Crippen LogP contribution is -1.82. The van der Waals surface area contributed by atoms with Crippen molar-refractivity contribution < 1.29 is 0 Å². The van der Waals surface area contributed by atoms with Crippen LogP contribution in [0.2, 0.25) is 10.0 Å². The van der Waals surface area contributed by atoms with E-state index in [1.165, 1.54) is 0 Å². The summed E-state index contributed by atoms with van der Waals surface area (Å²) in [5.74, 6) is 0. The fourth-order valence-corrected chi connectivity index (χ4v) is 2.91. The maximum Gasteiger partial charge on any atom is 0.143 e. The zero-order valence-electron chi connectivity index (χ0n) is 9.11. The van der Waals surface area contributed by atoms with Crippen LogP contribution in [0.1, 0.15) is 0 Å². The molecule has 4 aromatic rings. The van der Waals surface area contributed by atoms with Gasteiger partial charge in [0.1, 0.15) is 16.8 Å². The van der Waals surface area contributed by atoms with Gasteiger partial charge in [0, 0.05) is 16.6 Å². The van der Waals surface area contributed by atoms with Crippen LogP contribution in [-0.4, -0.2) is 14.4 Å². The molecule has 3 aromatic heterocycles. The van der Waals surface area contributed by atoms with Crippen LogP contribution in [0.4, 0.5) is 0 Å². The van der Waals surface area contributed by atoms with Crippen molar-refractivity contribution in [3.05, 3.63) is 46.6 Å². The van der Waals surface area contributed by atoms with Gasteiger partial charge in [0.2, 0.25) is 0 Å². The Morgan fingerprint density at radius 2 is 2.06 bits per heavy atom. The van der Waals surface area contributed by atoms with Crippen LogP contribution in [0, 0.1) is 0 Å². The first-order valence-electron chi connectivity index (χ1n) is 5.47. The first-order chi connectivity index (χ1) is 8.74. The molecular weight excluding hydrogens is 269 g/mol. The molecular formula is C13H7Cl2N3. The van der Waals surface area contributed by atoms with Crippen molar-refractivity contribution in [1.82, 2.24) is 14.4 Å². The number of nitrogens with one attached hydrogen (secondary N) is 1. The maximum atomic E-state index is 6.26. The number of imidazole rings is 1. The van der Waals surface area contributed by atoms with Gasteiger partial charge in [0.15, 0.2) is 0 Å². The Morgan fingerprint density at radius 1 is 1.17 bits per heavy atom. The first-order valence-corrected chi connectivity index (χ1v) is 6.23. The average Bonchev–Trinajstić information content (AvgIpc) is 2.83. The summed E-state index contributed by atoms with van der Waals surface area (Å²) in [4.78, 5) is 7.91. The van der Waals surface area contributed by atoms with Crippen LogP contribution in [-0.2, 0) is 0 Å². The third kappa shape index (κ3) is 1.23. The predicted octanol–water partition coefficient (Wildman–Crippen LogP) is 4.28. The van der Waals surface area contributed by atoms with Crippen molar-refractivity contribution in [3.63, 3.8) is 0 Å². The van der Waals surface area contributed by atoms with Gasteiger partial charge in [0.25, 0.3) is 0 Å². The Labute approximate surface area is 112 Å². The summed E-state index contributed by atoms with van der Waals surface area (Å²) in [6, 6.07) is 9.49. The van der Waals surface area contributed by atoms with Crippen molar-refractivity contribution >= 4 is 50.9 Å². The smallest absolute Gasteiger partial charge is 0.143 e. The Morgan fingerprint density at radius 3 is 2.94 bits per heavy atom. The number of benzene rings is 1. The molecule has 88 valence electrons. The van der Waals surface area contributed by atoms with Crippen molar-refractivity contribution in [1.29, 1.82) is 0 Å². The molecule has 18 heavy (non-hydrogen) atoms. The Bertz CT molecular complexity index is 905. The van der Waals surface area contributed by atoms with E-state index in [-0.39, 0.29) is 0 Å². The average molecular weight is 276 g/mol. The van der Waals surface area contributed by atoms with E-state index in [1.807, 2.05) is 34.9 Å². The summed E-state index contributed by atoms with van der Waals surface area (Å²) in [5.41, 5.74) is 3.61. The Hall–Kier alpha value is -1.71. The van der Waals surface area contributed by atoms with Gasteiger partial charge < -0.3 is 4.98 Å². The monoisotopic (exact) mass is 275 g/mol. The molecule has 0 amide bonds. The zero-order chi connectivity index (χ0) is 12.3. The summed E-state index contributed by atoms with van der Waals surface area (Å²) in [7, 11) is 0. The molecule has 0 saturated heterocycles. The van der Waals surface area contributed by atoms with Crippen LogP contribution in [0.5, 0.6) is 0 Å². The van der Waals surface area contributed by atoms with E-state index in [0.717, 1.165) is 27.7 Å². The van der Waals surface area contributed by atoms with Gasteiger partial charge in [-0.05, 0) is 24.3 Å². The van der Waals surface area contributed by atoms with Gasteiger partial charge in [-0.25, -0.2) is 4.98 Å². The van der Waals surface area contributed by atoms with Crippen LogP contribution < -0.4 is 0 Å². The molecule has 0 spiro atoms. The molecule has 3 nitrogen and oxygen atoms in total. The second-order valence-corrected chi connectivity index (χ2v) is 5.02. The summed E-state index contributed by atoms with van der Waals surface area (Å²) in [5, 5.41) is 2.15. The van der Waals surface area contributed by atoms with Crippen molar-refractivity contribution in [3.8, 4) is 0 Å². The highest BCUT2D eigenvalue weighted by molar-refractivity contribution is 6.40. The lowest BCUT2D eigenvalue weighted by Gasteiger charge is -1.95. The molecule has 0 saturated carbocycles. The first kappa shape index (κ1) is 10.2. The third-order valence-electron chi connectivity index (χ3n) is 3.07.